The van der Waals surface area contributed by atoms with Gasteiger partial charge >= 0.3 is 0 Å². The molecule has 3 aromatic heterocycles. The van der Waals surface area contributed by atoms with E-state index in [1.165, 1.54) is 0 Å². The van der Waals surface area contributed by atoms with E-state index in [9.17, 15) is 14.4 Å². The van der Waals surface area contributed by atoms with E-state index in [4.69, 9.17) is 10.3 Å². The number of carbonyl (C=O) groups excluding carboxylic acids is 3. The van der Waals surface area contributed by atoms with Crippen LogP contribution in [0.5, 0.6) is 0 Å². The summed E-state index contributed by atoms with van der Waals surface area (Å²) < 4.78 is 5.15. The number of hydrogen-bond acceptors (Lipinski definition) is 6. The molecular formula is C18H17N5O4. The molecule has 0 bridgehead atoms. The molecule has 1 atom stereocenters. The van der Waals surface area contributed by atoms with E-state index < -0.39 is 23.6 Å². The highest BCUT2D eigenvalue weighted by Gasteiger charge is 2.29. The number of aryl methyl sites for hydroxylation is 1. The van der Waals surface area contributed by atoms with E-state index in [0.29, 0.717) is 17.0 Å². The fourth-order valence-corrected chi connectivity index (χ4v) is 2.66. The largest absolute Gasteiger partial charge is 0.367 e. The Morgan fingerprint density at radius 3 is 2.74 bits per heavy atom. The Morgan fingerprint density at radius 2 is 2.11 bits per heavy atom. The van der Waals surface area contributed by atoms with Gasteiger partial charge < -0.3 is 20.6 Å². The molecule has 0 saturated heterocycles. The summed E-state index contributed by atoms with van der Waals surface area (Å²) in [5.41, 5.74) is 7.24. The number of carbonyl (C=O) groups is 3. The predicted octanol–water partition coefficient (Wildman–Crippen LogP) is 0.769. The Bertz CT molecular complexity index is 963. The zero-order chi connectivity index (χ0) is 19.4. The number of hydrogen-bond donors (Lipinski definition) is 3. The number of nitrogens with zero attached hydrogens (tertiary/aromatic N) is 2. The van der Waals surface area contributed by atoms with Gasteiger partial charge in [0.05, 0.1) is 17.0 Å². The highest BCUT2D eigenvalue weighted by molar-refractivity contribution is 6.38. The summed E-state index contributed by atoms with van der Waals surface area (Å²) in [4.78, 5) is 43.3. The van der Waals surface area contributed by atoms with Crippen LogP contribution in [0, 0.1) is 6.92 Å². The molecule has 0 spiro atoms. The molecule has 138 valence electrons. The topological polar surface area (TPSA) is 144 Å². The number of aromatic nitrogens is 3. The van der Waals surface area contributed by atoms with Crippen molar-refractivity contribution in [3.63, 3.8) is 0 Å². The number of pyridine rings is 1. The van der Waals surface area contributed by atoms with E-state index >= 15 is 0 Å². The van der Waals surface area contributed by atoms with Gasteiger partial charge in [-0.2, -0.15) is 0 Å². The second-order valence-corrected chi connectivity index (χ2v) is 5.87. The number of aromatic amines is 1. The Morgan fingerprint density at radius 1 is 1.30 bits per heavy atom. The van der Waals surface area contributed by atoms with E-state index in [2.05, 4.69) is 20.4 Å². The first-order valence-corrected chi connectivity index (χ1v) is 8.11. The van der Waals surface area contributed by atoms with Crippen molar-refractivity contribution in [3.05, 3.63) is 59.9 Å². The van der Waals surface area contributed by atoms with Crippen LogP contribution in [-0.4, -0.2) is 38.8 Å². The van der Waals surface area contributed by atoms with Gasteiger partial charge in [0.25, 0.3) is 11.8 Å². The standard InChI is InChI=1S/C18H17N5O4/c1-10-14(12-4-2-3-6-21-12)16(27-23-10)18(26)22-13(15(24)17(19)25)8-11-5-7-20-9-11/h2-7,9,13,20H,8H2,1H3,(H2,19,25)(H,22,26). The number of nitrogens with two attached hydrogens (primary N) is 1. The van der Waals surface area contributed by atoms with Gasteiger partial charge in [-0.1, -0.05) is 11.2 Å². The molecule has 0 aliphatic rings. The maximum Gasteiger partial charge on any atom is 0.291 e. The first-order valence-electron chi connectivity index (χ1n) is 8.11. The van der Waals surface area contributed by atoms with Crippen molar-refractivity contribution in [2.45, 2.75) is 19.4 Å². The molecular weight excluding hydrogens is 350 g/mol. The Kier molecular flexibility index (Phi) is 5.11. The molecule has 0 aliphatic carbocycles. The van der Waals surface area contributed by atoms with Gasteiger partial charge in [0.2, 0.25) is 11.5 Å². The first-order chi connectivity index (χ1) is 13.0. The van der Waals surface area contributed by atoms with Gasteiger partial charge in [-0.3, -0.25) is 19.4 Å². The van der Waals surface area contributed by atoms with Crippen molar-refractivity contribution in [2.24, 2.45) is 5.73 Å². The van der Waals surface area contributed by atoms with E-state index in [0.717, 1.165) is 5.56 Å². The molecule has 2 amide bonds. The zero-order valence-corrected chi connectivity index (χ0v) is 14.4. The summed E-state index contributed by atoms with van der Waals surface area (Å²) >= 11 is 0. The third-order valence-electron chi connectivity index (χ3n) is 3.96. The lowest BCUT2D eigenvalue weighted by atomic mass is 10.0. The number of nitrogens with one attached hydrogen (secondary N) is 2. The molecule has 0 radical (unpaired) electrons. The third kappa shape index (κ3) is 3.92. The van der Waals surface area contributed by atoms with Crippen LogP contribution in [0.4, 0.5) is 0 Å². The van der Waals surface area contributed by atoms with Crippen LogP contribution in [0.1, 0.15) is 21.8 Å². The Hall–Kier alpha value is -3.75. The normalized spacial score (nSPS) is 11.7. The minimum Gasteiger partial charge on any atom is -0.367 e. The summed E-state index contributed by atoms with van der Waals surface area (Å²) in [5.74, 6) is -2.82. The summed E-state index contributed by atoms with van der Waals surface area (Å²) in [6.07, 6.45) is 5.01. The van der Waals surface area contributed by atoms with Crippen LogP contribution in [-0.2, 0) is 16.0 Å². The maximum atomic E-state index is 12.7. The minimum absolute atomic E-state index is 0.0949. The number of amides is 2. The van der Waals surface area contributed by atoms with Crippen molar-refractivity contribution in [3.8, 4) is 11.3 Å². The molecule has 4 N–H and O–H groups in total. The fraction of sp³-hybridized carbons (Fsp3) is 0.167. The van der Waals surface area contributed by atoms with E-state index in [1.54, 1.807) is 49.8 Å². The molecule has 27 heavy (non-hydrogen) atoms. The SMILES string of the molecule is Cc1noc(C(=O)NC(Cc2cc[nH]c2)C(=O)C(N)=O)c1-c1ccccn1. The summed E-state index contributed by atoms with van der Waals surface area (Å²) in [6, 6.07) is 5.81. The van der Waals surface area contributed by atoms with Gasteiger partial charge in [0, 0.05) is 25.0 Å². The molecule has 3 heterocycles. The number of H-pyrrole nitrogens is 1. The third-order valence-corrected chi connectivity index (χ3v) is 3.96. The van der Waals surface area contributed by atoms with Crippen molar-refractivity contribution in [1.82, 2.24) is 20.4 Å². The highest BCUT2D eigenvalue weighted by Crippen LogP contribution is 2.25. The Balaban J connectivity index is 1.88. The van der Waals surface area contributed by atoms with Crippen LogP contribution in [0.3, 0.4) is 0 Å². The second kappa shape index (κ2) is 7.65. The van der Waals surface area contributed by atoms with Crippen LogP contribution < -0.4 is 11.1 Å². The second-order valence-electron chi connectivity index (χ2n) is 5.87. The average Bonchev–Trinajstić information content (AvgIpc) is 3.30. The van der Waals surface area contributed by atoms with Crippen LogP contribution >= 0.6 is 0 Å². The van der Waals surface area contributed by atoms with Gasteiger partial charge in [-0.05, 0) is 30.7 Å². The fourth-order valence-electron chi connectivity index (χ4n) is 2.66. The number of primary amides is 1. The van der Waals surface area contributed by atoms with Gasteiger partial charge in [0.1, 0.15) is 6.04 Å². The molecule has 0 aromatic carbocycles. The number of rotatable bonds is 7. The first kappa shape index (κ1) is 18.1. The maximum absolute atomic E-state index is 12.7. The number of ketones is 1. The van der Waals surface area contributed by atoms with Crippen LogP contribution in [0.15, 0.2) is 47.4 Å². The monoisotopic (exact) mass is 367 g/mol. The van der Waals surface area contributed by atoms with Gasteiger partial charge in [0.15, 0.2) is 0 Å². The molecule has 0 aliphatic heterocycles. The molecule has 3 aromatic rings. The molecule has 9 heteroatoms. The Labute approximate surface area is 154 Å². The van der Waals surface area contributed by atoms with E-state index in [1.807, 2.05) is 0 Å². The molecule has 9 nitrogen and oxygen atoms in total. The lowest BCUT2D eigenvalue weighted by Gasteiger charge is -2.15. The van der Waals surface area contributed by atoms with Crippen molar-refractivity contribution in [1.29, 1.82) is 0 Å². The molecule has 3 rings (SSSR count). The average molecular weight is 367 g/mol. The molecule has 0 saturated carbocycles. The number of Topliss-reactive ketones (excluding diaryl/α,β-unsaturated/α-hetero) is 1. The van der Waals surface area contributed by atoms with Crippen LogP contribution in [0.2, 0.25) is 0 Å². The minimum atomic E-state index is -1.13. The molecule has 1 unspecified atom stereocenters. The quantitative estimate of drug-likeness (QED) is 0.526. The highest BCUT2D eigenvalue weighted by atomic mass is 16.5. The zero-order valence-electron chi connectivity index (χ0n) is 14.4. The van der Waals surface area contributed by atoms with Crippen molar-refractivity contribution in [2.75, 3.05) is 0 Å². The molecule has 0 fully saturated rings. The smallest absolute Gasteiger partial charge is 0.291 e. The van der Waals surface area contributed by atoms with Crippen LogP contribution in [0.25, 0.3) is 11.3 Å². The lowest BCUT2D eigenvalue weighted by molar-refractivity contribution is -0.137. The summed E-state index contributed by atoms with van der Waals surface area (Å²) in [6.45, 7) is 1.68. The van der Waals surface area contributed by atoms with Crippen molar-refractivity contribution >= 4 is 17.6 Å². The van der Waals surface area contributed by atoms with Crippen molar-refractivity contribution < 1.29 is 18.9 Å². The predicted molar refractivity (Wildman–Crippen MR) is 94.4 cm³/mol. The van der Waals surface area contributed by atoms with Gasteiger partial charge in [-0.25, -0.2) is 0 Å². The summed E-state index contributed by atoms with van der Waals surface area (Å²) in [5, 5.41) is 6.33. The summed E-state index contributed by atoms with van der Waals surface area (Å²) in [7, 11) is 0. The van der Waals surface area contributed by atoms with E-state index in [-0.39, 0.29) is 12.2 Å². The van der Waals surface area contributed by atoms with Gasteiger partial charge in [-0.15, -0.1) is 0 Å². The lowest BCUT2D eigenvalue weighted by Crippen LogP contribution is -2.47.